The van der Waals surface area contributed by atoms with Gasteiger partial charge in [0, 0.05) is 12.5 Å². The maximum absolute atomic E-state index is 10.9. The molecule has 5 heteroatoms. The van der Waals surface area contributed by atoms with Gasteiger partial charge in [0.15, 0.2) is 11.5 Å². The molecule has 0 heterocycles. The van der Waals surface area contributed by atoms with Crippen molar-refractivity contribution >= 4 is 17.5 Å². The van der Waals surface area contributed by atoms with Crippen LogP contribution in [0.25, 0.3) is 0 Å². The molecule has 0 aliphatic heterocycles. The molecule has 1 aromatic rings. The molecule has 0 unspecified atom stereocenters. The van der Waals surface area contributed by atoms with E-state index in [2.05, 4.69) is 4.99 Å². The zero-order valence-corrected chi connectivity index (χ0v) is 8.67. The Balaban J connectivity index is 2.90. The average molecular weight is 221 g/mol. The Hall–Kier alpha value is -2.17. The SMILES string of the molecule is CC(=O)C(=NCc1ccccc1O)C(=O)O. The largest absolute Gasteiger partial charge is 0.508 e. The van der Waals surface area contributed by atoms with Crippen LogP contribution < -0.4 is 0 Å². The highest BCUT2D eigenvalue weighted by molar-refractivity contribution is 6.63. The van der Waals surface area contributed by atoms with Crippen LogP contribution >= 0.6 is 0 Å². The molecule has 1 aromatic carbocycles. The van der Waals surface area contributed by atoms with E-state index in [9.17, 15) is 14.7 Å². The van der Waals surface area contributed by atoms with Crippen molar-refractivity contribution < 1.29 is 19.8 Å². The van der Waals surface area contributed by atoms with E-state index >= 15 is 0 Å². The van der Waals surface area contributed by atoms with Crippen LogP contribution in [0.2, 0.25) is 0 Å². The van der Waals surface area contributed by atoms with Gasteiger partial charge in [-0.15, -0.1) is 0 Å². The Morgan fingerprint density at radius 1 is 1.31 bits per heavy atom. The molecule has 0 fully saturated rings. The van der Waals surface area contributed by atoms with Crippen molar-refractivity contribution in [3.63, 3.8) is 0 Å². The van der Waals surface area contributed by atoms with Gasteiger partial charge in [-0.05, 0) is 6.07 Å². The second kappa shape index (κ2) is 5.06. The number of carbonyl (C=O) groups excluding carboxylic acids is 1. The third-order valence-electron chi connectivity index (χ3n) is 1.94. The summed E-state index contributed by atoms with van der Waals surface area (Å²) in [5.74, 6) is -1.94. The van der Waals surface area contributed by atoms with Crippen molar-refractivity contribution in [1.29, 1.82) is 0 Å². The van der Waals surface area contributed by atoms with Crippen LogP contribution in [-0.4, -0.2) is 27.7 Å². The number of hydrogen-bond donors (Lipinski definition) is 2. The Kier molecular flexibility index (Phi) is 3.77. The fourth-order valence-corrected chi connectivity index (χ4v) is 1.14. The van der Waals surface area contributed by atoms with E-state index in [0.29, 0.717) is 5.56 Å². The maximum atomic E-state index is 10.9. The number of rotatable bonds is 4. The first kappa shape index (κ1) is 11.9. The fraction of sp³-hybridized carbons (Fsp3) is 0.182. The van der Waals surface area contributed by atoms with Crippen LogP contribution in [0.15, 0.2) is 29.3 Å². The van der Waals surface area contributed by atoms with E-state index in [1.54, 1.807) is 18.2 Å². The first-order valence-electron chi connectivity index (χ1n) is 4.58. The first-order valence-corrected chi connectivity index (χ1v) is 4.58. The van der Waals surface area contributed by atoms with Crippen LogP contribution in [0.4, 0.5) is 0 Å². The third-order valence-corrected chi connectivity index (χ3v) is 1.94. The molecule has 16 heavy (non-hydrogen) atoms. The van der Waals surface area contributed by atoms with Crippen LogP contribution in [-0.2, 0) is 16.1 Å². The topological polar surface area (TPSA) is 87.0 Å². The van der Waals surface area contributed by atoms with Crippen molar-refractivity contribution in [3.05, 3.63) is 29.8 Å². The highest BCUT2D eigenvalue weighted by atomic mass is 16.4. The van der Waals surface area contributed by atoms with Gasteiger partial charge in [0.05, 0.1) is 6.54 Å². The van der Waals surface area contributed by atoms with Crippen molar-refractivity contribution in [2.45, 2.75) is 13.5 Å². The average Bonchev–Trinajstić information content (AvgIpc) is 2.20. The molecule has 0 aliphatic rings. The van der Waals surface area contributed by atoms with Gasteiger partial charge in [0.2, 0.25) is 0 Å². The lowest BCUT2D eigenvalue weighted by Crippen LogP contribution is -2.21. The number of carboxylic acid groups (broad SMARTS) is 1. The molecule has 2 N–H and O–H groups in total. The van der Waals surface area contributed by atoms with Crippen molar-refractivity contribution in [1.82, 2.24) is 0 Å². The quantitative estimate of drug-likeness (QED) is 0.586. The Morgan fingerprint density at radius 3 is 2.44 bits per heavy atom. The maximum Gasteiger partial charge on any atom is 0.357 e. The number of carbonyl (C=O) groups is 2. The van der Waals surface area contributed by atoms with Crippen molar-refractivity contribution in [2.75, 3.05) is 0 Å². The van der Waals surface area contributed by atoms with E-state index in [1.807, 2.05) is 0 Å². The molecule has 0 atom stereocenters. The lowest BCUT2D eigenvalue weighted by molar-refractivity contribution is -0.130. The molecule has 0 spiro atoms. The number of aliphatic imine (C=N–C) groups is 1. The first-order chi connectivity index (χ1) is 7.52. The van der Waals surface area contributed by atoms with Gasteiger partial charge in [-0.1, -0.05) is 18.2 Å². The van der Waals surface area contributed by atoms with E-state index in [1.165, 1.54) is 6.07 Å². The Bertz CT molecular complexity index is 435. The summed E-state index contributed by atoms with van der Waals surface area (Å²) in [4.78, 5) is 25.2. The van der Waals surface area contributed by atoms with Crippen molar-refractivity contribution in [3.8, 4) is 5.75 Å². The normalized spacial score (nSPS) is 11.2. The van der Waals surface area contributed by atoms with Gasteiger partial charge in [0.25, 0.3) is 0 Å². The number of hydrogen-bond acceptors (Lipinski definition) is 4. The second-order valence-electron chi connectivity index (χ2n) is 3.15. The molecule has 0 bridgehead atoms. The van der Waals surface area contributed by atoms with Crippen LogP contribution in [0, 0.1) is 0 Å². The van der Waals surface area contributed by atoms with Crippen LogP contribution in [0.1, 0.15) is 12.5 Å². The van der Waals surface area contributed by atoms with E-state index in [-0.39, 0.29) is 12.3 Å². The molecular weight excluding hydrogens is 210 g/mol. The smallest absolute Gasteiger partial charge is 0.357 e. The van der Waals surface area contributed by atoms with Gasteiger partial charge in [-0.25, -0.2) is 4.79 Å². The van der Waals surface area contributed by atoms with Gasteiger partial charge >= 0.3 is 5.97 Å². The lowest BCUT2D eigenvalue weighted by Gasteiger charge is -2.01. The number of aliphatic carboxylic acids is 1. The molecule has 0 aliphatic carbocycles. The number of carboxylic acids is 1. The second-order valence-corrected chi connectivity index (χ2v) is 3.15. The molecule has 84 valence electrons. The highest BCUT2D eigenvalue weighted by Crippen LogP contribution is 2.16. The predicted octanol–water partition coefficient (Wildman–Crippen LogP) is 1.01. The Morgan fingerprint density at radius 2 is 1.94 bits per heavy atom. The standard InChI is InChI=1S/C11H11NO4/c1-7(13)10(11(15)16)12-6-8-4-2-3-5-9(8)14/h2-5,14H,6H2,1H3,(H,15,16). The number of phenolic OH excluding ortho intramolecular Hbond substituents is 1. The number of nitrogens with zero attached hydrogens (tertiary/aromatic N) is 1. The minimum absolute atomic E-state index is 0.0274. The summed E-state index contributed by atoms with van der Waals surface area (Å²) in [5.41, 5.74) is -0.0363. The summed E-state index contributed by atoms with van der Waals surface area (Å²) in [7, 11) is 0. The van der Waals surface area contributed by atoms with Gasteiger partial charge in [-0.3, -0.25) is 9.79 Å². The third kappa shape index (κ3) is 2.91. The zero-order valence-electron chi connectivity index (χ0n) is 8.67. The summed E-state index contributed by atoms with van der Waals surface area (Å²) < 4.78 is 0. The van der Waals surface area contributed by atoms with Gasteiger partial charge in [0.1, 0.15) is 5.75 Å². The fourth-order valence-electron chi connectivity index (χ4n) is 1.14. The van der Waals surface area contributed by atoms with Gasteiger partial charge in [-0.2, -0.15) is 0 Å². The summed E-state index contributed by atoms with van der Waals surface area (Å²) in [6, 6.07) is 6.42. The van der Waals surface area contributed by atoms with E-state index < -0.39 is 17.5 Å². The number of para-hydroxylation sites is 1. The van der Waals surface area contributed by atoms with E-state index in [4.69, 9.17) is 5.11 Å². The van der Waals surface area contributed by atoms with Crippen LogP contribution in [0.3, 0.4) is 0 Å². The monoisotopic (exact) mass is 221 g/mol. The minimum Gasteiger partial charge on any atom is -0.508 e. The number of Topliss-reactive ketones (excluding diaryl/α,β-unsaturated/α-hetero) is 1. The molecule has 5 nitrogen and oxygen atoms in total. The molecular formula is C11H11NO4. The molecule has 1 rings (SSSR count). The molecule has 0 radical (unpaired) electrons. The summed E-state index contributed by atoms with van der Waals surface area (Å²) in [6.45, 7) is 1.10. The number of phenols is 1. The Labute approximate surface area is 92.1 Å². The summed E-state index contributed by atoms with van der Waals surface area (Å²) >= 11 is 0. The number of ketones is 1. The van der Waals surface area contributed by atoms with E-state index in [0.717, 1.165) is 6.92 Å². The zero-order chi connectivity index (χ0) is 12.1. The van der Waals surface area contributed by atoms with Gasteiger partial charge < -0.3 is 10.2 Å². The summed E-state index contributed by atoms with van der Waals surface area (Å²) in [6.07, 6.45) is 0. The lowest BCUT2D eigenvalue weighted by atomic mass is 10.2. The predicted molar refractivity (Wildman–Crippen MR) is 57.6 cm³/mol. The molecule has 0 saturated carbocycles. The molecule has 0 saturated heterocycles. The van der Waals surface area contributed by atoms with Crippen LogP contribution in [0.5, 0.6) is 5.75 Å². The van der Waals surface area contributed by atoms with Crippen molar-refractivity contribution in [2.24, 2.45) is 4.99 Å². The highest BCUT2D eigenvalue weighted by Gasteiger charge is 2.14. The minimum atomic E-state index is -1.36. The molecule has 0 amide bonds. The number of aromatic hydroxyl groups is 1. The molecule has 0 aromatic heterocycles. The number of benzene rings is 1. The summed E-state index contributed by atoms with van der Waals surface area (Å²) in [5, 5.41) is 18.1.